The molecule has 1 aromatic rings. The molecule has 8 heteroatoms. The fourth-order valence-electron chi connectivity index (χ4n) is 2.55. The molecular weight excluding hydrogens is 370 g/mol. The number of thioether (sulfide) groups is 1. The van der Waals surface area contributed by atoms with Crippen LogP contribution in [0.1, 0.15) is 45.7 Å². The molecule has 27 heavy (non-hydrogen) atoms. The highest BCUT2D eigenvalue weighted by atomic mass is 32.2. The molecule has 0 saturated carbocycles. The van der Waals surface area contributed by atoms with Gasteiger partial charge in [-0.25, -0.2) is 4.39 Å². The van der Waals surface area contributed by atoms with Crippen molar-refractivity contribution in [1.29, 1.82) is 0 Å². The Hall–Kier alpha value is -1.64. The van der Waals surface area contributed by atoms with E-state index < -0.39 is 30.1 Å². The first kappa shape index (κ1) is 21.7. The van der Waals surface area contributed by atoms with Gasteiger partial charge in [-0.2, -0.15) is 0 Å². The highest BCUT2D eigenvalue weighted by Gasteiger charge is 2.52. The highest BCUT2D eigenvalue weighted by Crippen LogP contribution is 2.39. The second-order valence-electron chi connectivity index (χ2n) is 7.51. The van der Waals surface area contributed by atoms with Crippen molar-refractivity contribution in [3.63, 3.8) is 0 Å². The predicted octanol–water partition coefficient (Wildman–Crippen LogP) is 3.75. The number of benzene rings is 1. The SMILES string of the molecule is CC(=O)SCC(=Cc1cc(CC(=O)O)ccc1F)B1OC(C)(C)C(C)(C)O1. The maximum absolute atomic E-state index is 14.3. The molecule has 0 amide bonds. The van der Waals surface area contributed by atoms with E-state index in [2.05, 4.69) is 0 Å². The van der Waals surface area contributed by atoms with Gasteiger partial charge in [-0.15, -0.1) is 0 Å². The summed E-state index contributed by atoms with van der Waals surface area (Å²) >= 11 is 1.08. The summed E-state index contributed by atoms with van der Waals surface area (Å²) in [5.41, 5.74) is 0.202. The molecule has 1 fully saturated rings. The molecule has 0 radical (unpaired) electrons. The summed E-state index contributed by atoms with van der Waals surface area (Å²) in [5, 5.41) is 8.88. The number of carbonyl (C=O) groups is 2. The van der Waals surface area contributed by atoms with E-state index in [0.717, 1.165) is 11.8 Å². The van der Waals surface area contributed by atoms with Crippen molar-refractivity contribution < 1.29 is 28.4 Å². The Morgan fingerprint density at radius 2 is 1.81 bits per heavy atom. The minimum atomic E-state index is -0.991. The lowest BCUT2D eigenvalue weighted by molar-refractivity contribution is -0.136. The number of halogens is 1. The largest absolute Gasteiger partial charge is 0.491 e. The molecule has 0 bridgehead atoms. The summed E-state index contributed by atoms with van der Waals surface area (Å²) in [6.07, 6.45) is 1.38. The fourth-order valence-corrected chi connectivity index (χ4v) is 3.13. The molecule has 1 aromatic carbocycles. The Morgan fingerprint density at radius 3 is 2.33 bits per heavy atom. The standard InChI is InChI=1S/C19H24BFO5S/c1-12(22)27-11-15(20-25-18(2,3)19(4,5)26-20)10-14-8-13(9-17(23)24)6-7-16(14)21/h6-8,10H,9,11H2,1-5H3,(H,23,24). The van der Waals surface area contributed by atoms with Crippen molar-refractivity contribution in [1.82, 2.24) is 0 Å². The van der Waals surface area contributed by atoms with Gasteiger partial charge in [0.05, 0.1) is 17.6 Å². The molecule has 1 heterocycles. The third-order valence-electron chi connectivity index (χ3n) is 4.75. The fraction of sp³-hybridized carbons (Fsp3) is 0.474. The van der Waals surface area contributed by atoms with Gasteiger partial charge >= 0.3 is 13.1 Å². The molecule has 0 aromatic heterocycles. The maximum atomic E-state index is 14.3. The molecule has 0 aliphatic carbocycles. The van der Waals surface area contributed by atoms with E-state index in [1.165, 1.54) is 25.1 Å². The first-order valence-electron chi connectivity index (χ1n) is 8.61. The van der Waals surface area contributed by atoms with Crippen LogP contribution in [-0.4, -0.2) is 40.3 Å². The summed E-state index contributed by atoms with van der Waals surface area (Å²) in [4.78, 5) is 22.4. The van der Waals surface area contributed by atoms with Crippen molar-refractivity contribution in [2.24, 2.45) is 0 Å². The van der Waals surface area contributed by atoms with Gasteiger partial charge in [-0.05, 0) is 50.9 Å². The topological polar surface area (TPSA) is 72.8 Å². The average Bonchev–Trinajstić information content (AvgIpc) is 2.73. The third-order valence-corrected chi connectivity index (χ3v) is 5.64. The van der Waals surface area contributed by atoms with Gasteiger partial charge in [0.15, 0.2) is 5.12 Å². The average molecular weight is 394 g/mol. The quantitative estimate of drug-likeness (QED) is 0.741. The van der Waals surface area contributed by atoms with Crippen molar-refractivity contribution in [3.05, 3.63) is 40.6 Å². The van der Waals surface area contributed by atoms with E-state index in [4.69, 9.17) is 14.4 Å². The normalized spacial score (nSPS) is 18.6. The Balaban J connectivity index is 2.39. The molecule has 0 atom stereocenters. The van der Waals surface area contributed by atoms with E-state index in [-0.39, 0.29) is 22.9 Å². The molecule has 0 unspecified atom stereocenters. The van der Waals surface area contributed by atoms with Crippen LogP contribution in [0.4, 0.5) is 4.39 Å². The van der Waals surface area contributed by atoms with E-state index >= 15 is 0 Å². The van der Waals surface area contributed by atoms with Crippen molar-refractivity contribution in [3.8, 4) is 0 Å². The van der Waals surface area contributed by atoms with Crippen LogP contribution < -0.4 is 0 Å². The van der Waals surface area contributed by atoms with Crippen LogP contribution in [0.3, 0.4) is 0 Å². The highest BCUT2D eigenvalue weighted by molar-refractivity contribution is 8.13. The van der Waals surface area contributed by atoms with Crippen LogP contribution in [0, 0.1) is 5.82 Å². The summed E-state index contributed by atoms with van der Waals surface area (Å²) in [5.74, 6) is -1.18. The smallest absolute Gasteiger partial charge is 0.481 e. The number of hydrogen-bond acceptors (Lipinski definition) is 5. The van der Waals surface area contributed by atoms with Gasteiger partial charge in [0.25, 0.3) is 0 Å². The minimum absolute atomic E-state index is 0.0717. The summed E-state index contributed by atoms with van der Waals surface area (Å²) in [7, 11) is -0.718. The van der Waals surface area contributed by atoms with Gasteiger partial charge < -0.3 is 14.4 Å². The lowest BCUT2D eigenvalue weighted by atomic mass is 9.78. The second-order valence-corrected chi connectivity index (χ2v) is 8.67. The van der Waals surface area contributed by atoms with Crippen LogP contribution in [-0.2, 0) is 25.3 Å². The van der Waals surface area contributed by atoms with E-state index in [1.807, 2.05) is 27.7 Å². The summed E-state index contributed by atoms with van der Waals surface area (Å²) in [6, 6.07) is 4.18. The zero-order valence-corrected chi connectivity index (χ0v) is 17.0. The Kier molecular flexibility index (Phi) is 6.55. The number of carbonyl (C=O) groups excluding carboxylic acids is 1. The van der Waals surface area contributed by atoms with E-state index in [0.29, 0.717) is 11.0 Å². The molecule has 1 aliphatic heterocycles. The zero-order valence-electron chi connectivity index (χ0n) is 16.2. The lowest BCUT2D eigenvalue weighted by Crippen LogP contribution is -2.41. The molecule has 5 nitrogen and oxygen atoms in total. The summed E-state index contributed by atoms with van der Waals surface area (Å²) in [6.45, 7) is 9.11. The van der Waals surface area contributed by atoms with Gasteiger partial charge in [-0.1, -0.05) is 23.9 Å². The van der Waals surface area contributed by atoms with Crippen LogP contribution >= 0.6 is 11.8 Å². The van der Waals surface area contributed by atoms with Crippen molar-refractivity contribution in [2.75, 3.05) is 5.75 Å². The first-order valence-corrected chi connectivity index (χ1v) is 9.59. The second kappa shape index (κ2) is 8.16. The minimum Gasteiger partial charge on any atom is -0.481 e. The number of rotatable bonds is 6. The van der Waals surface area contributed by atoms with Gasteiger partial charge in [0.2, 0.25) is 0 Å². The lowest BCUT2D eigenvalue weighted by Gasteiger charge is -2.32. The number of carboxylic acids is 1. The first-order chi connectivity index (χ1) is 12.4. The van der Waals surface area contributed by atoms with Gasteiger partial charge in [0.1, 0.15) is 5.82 Å². The van der Waals surface area contributed by atoms with Crippen LogP contribution in [0.25, 0.3) is 6.08 Å². The van der Waals surface area contributed by atoms with Crippen molar-refractivity contribution in [2.45, 2.75) is 52.2 Å². The third kappa shape index (κ3) is 5.43. The maximum Gasteiger partial charge on any atom is 0.491 e. The van der Waals surface area contributed by atoms with Gasteiger partial charge in [-0.3, -0.25) is 9.59 Å². The van der Waals surface area contributed by atoms with Crippen LogP contribution in [0.5, 0.6) is 0 Å². The molecule has 0 spiro atoms. The number of aliphatic carboxylic acids is 1. The van der Waals surface area contributed by atoms with Crippen molar-refractivity contribution >= 4 is 36.0 Å². The number of carboxylic acid groups (broad SMARTS) is 1. The molecule has 2 rings (SSSR count). The molecule has 146 valence electrons. The van der Waals surface area contributed by atoms with E-state index in [1.54, 1.807) is 6.08 Å². The van der Waals surface area contributed by atoms with Gasteiger partial charge in [0, 0.05) is 18.2 Å². The molecule has 1 saturated heterocycles. The Bertz CT molecular complexity index is 759. The molecule has 1 aliphatic rings. The zero-order chi connectivity index (χ0) is 20.4. The Morgan fingerprint density at radius 1 is 1.22 bits per heavy atom. The molecule has 1 N–H and O–H groups in total. The number of hydrogen-bond donors (Lipinski definition) is 1. The van der Waals surface area contributed by atoms with E-state index in [9.17, 15) is 14.0 Å². The predicted molar refractivity (Wildman–Crippen MR) is 105 cm³/mol. The summed E-state index contributed by atoms with van der Waals surface area (Å²) < 4.78 is 26.4. The monoisotopic (exact) mass is 394 g/mol. The molecular formula is C19H24BFO5S. The van der Waals surface area contributed by atoms with Crippen LogP contribution in [0.15, 0.2) is 23.7 Å². The van der Waals surface area contributed by atoms with Crippen LogP contribution in [0.2, 0.25) is 0 Å². The Labute approximate surface area is 163 Å².